The number of aliphatic hydroxyl groups excluding tert-OH is 1. The Morgan fingerprint density at radius 1 is 1.38 bits per heavy atom. The van der Waals surface area contributed by atoms with E-state index in [4.69, 9.17) is 0 Å². The SMILES string of the molecule is CC(C)(C)n1cc(C(=O)NC2CCCCCC2CO)cn1. The van der Waals surface area contributed by atoms with Gasteiger partial charge in [-0.3, -0.25) is 9.48 Å². The number of carbonyl (C=O) groups excluding carboxylic acids is 1. The predicted octanol–water partition coefficient (Wildman–Crippen LogP) is 2.31. The zero-order chi connectivity index (χ0) is 15.5. The molecule has 2 rings (SSSR count). The monoisotopic (exact) mass is 293 g/mol. The first-order valence-electron chi connectivity index (χ1n) is 7.88. The lowest BCUT2D eigenvalue weighted by Crippen LogP contribution is -2.41. The zero-order valence-electron chi connectivity index (χ0n) is 13.3. The van der Waals surface area contributed by atoms with Gasteiger partial charge in [-0.1, -0.05) is 19.3 Å². The van der Waals surface area contributed by atoms with Crippen molar-refractivity contribution in [2.45, 2.75) is 64.5 Å². The molecule has 0 saturated heterocycles. The molecule has 0 spiro atoms. The lowest BCUT2D eigenvalue weighted by atomic mass is 9.95. The average molecular weight is 293 g/mol. The molecular weight excluding hydrogens is 266 g/mol. The summed E-state index contributed by atoms with van der Waals surface area (Å²) < 4.78 is 1.80. The molecule has 1 aliphatic rings. The summed E-state index contributed by atoms with van der Waals surface area (Å²) in [6.45, 7) is 6.30. The Morgan fingerprint density at radius 2 is 2.10 bits per heavy atom. The van der Waals surface area contributed by atoms with E-state index < -0.39 is 0 Å². The summed E-state index contributed by atoms with van der Waals surface area (Å²) in [5, 5.41) is 16.9. The Labute approximate surface area is 126 Å². The molecular formula is C16H27N3O2. The highest BCUT2D eigenvalue weighted by Crippen LogP contribution is 2.23. The van der Waals surface area contributed by atoms with Crippen molar-refractivity contribution in [3.8, 4) is 0 Å². The molecule has 2 atom stereocenters. The van der Waals surface area contributed by atoms with Gasteiger partial charge in [0.1, 0.15) is 0 Å². The fraction of sp³-hybridized carbons (Fsp3) is 0.750. The number of aliphatic hydroxyl groups is 1. The summed E-state index contributed by atoms with van der Waals surface area (Å²) in [5.41, 5.74) is 0.458. The zero-order valence-corrected chi connectivity index (χ0v) is 13.3. The highest BCUT2D eigenvalue weighted by atomic mass is 16.3. The van der Waals surface area contributed by atoms with Gasteiger partial charge < -0.3 is 10.4 Å². The van der Waals surface area contributed by atoms with Gasteiger partial charge in [0.05, 0.1) is 17.3 Å². The topological polar surface area (TPSA) is 67.2 Å². The Hall–Kier alpha value is -1.36. The van der Waals surface area contributed by atoms with Crippen LogP contribution in [0.2, 0.25) is 0 Å². The van der Waals surface area contributed by atoms with Crippen LogP contribution in [-0.2, 0) is 5.54 Å². The van der Waals surface area contributed by atoms with Gasteiger partial charge in [0.2, 0.25) is 0 Å². The minimum Gasteiger partial charge on any atom is -0.396 e. The van der Waals surface area contributed by atoms with Crippen molar-refractivity contribution >= 4 is 5.91 Å². The summed E-state index contributed by atoms with van der Waals surface area (Å²) in [6.07, 6.45) is 8.78. The first-order chi connectivity index (χ1) is 9.91. The maximum atomic E-state index is 12.4. The summed E-state index contributed by atoms with van der Waals surface area (Å²) in [6, 6.07) is 0.0722. The molecule has 0 radical (unpaired) electrons. The molecule has 2 N–H and O–H groups in total. The Kier molecular flexibility index (Phi) is 5.04. The molecule has 5 nitrogen and oxygen atoms in total. The van der Waals surface area contributed by atoms with Crippen LogP contribution in [0.5, 0.6) is 0 Å². The smallest absolute Gasteiger partial charge is 0.254 e. The van der Waals surface area contributed by atoms with Crippen molar-refractivity contribution in [3.63, 3.8) is 0 Å². The van der Waals surface area contributed by atoms with Crippen LogP contribution in [0, 0.1) is 5.92 Å². The van der Waals surface area contributed by atoms with Crippen molar-refractivity contribution in [1.29, 1.82) is 0 Å². The van der Waals surface area contributed by atoms with E-state index >= 15 is 0 Å². The molecule has 1 amide bonds. The van der Waals surface area contributed by atoms with Gasteiger partial charge in [0.15, 0.2) is 0 Å². The molecule has 1 heterocycles. The van der Waals surface area contributed by atoms with E-state index in [2.05, 4.69) is 31.2 Å². The minimum atomic E-state index is -0.130. The second kappa shape index (κ2) is 6.60. The third kappa shape index (κ3) is 4.06. The molecule has 0 bridgehead atoms. The summed E-state index contributed by atoms with van der Waals surface area (Å²) in [7, 11) is 0. The Balaban J connectivity index is 2.04. The van der Waals surface area contributed by atoms with Gasteiger partial charge in [-0.2, -0.15) is 5.10 Å². The number of aromatic nitrogens is 2. The summed E-state index contributed by atoms with van der Waals surface area (Å²) in [5.74, 6) is 0.0879. The molecule has 118 valence electrons. The predicted molar refractivity (Wildman–Crippen MR) is 82.1 cm³/mol. The fourth-order valence-electron chi connectivity index (χ4n) is 2.85. The van der Waals surface area contributed by atoms with Crippen LogP contribution in [-0.4, -0.2) is 33.4 Å². The van der Waals surface area contributed by atoms with Crippen molar-refractivity contribution in [2.75, 3.05) is 6.61 Å². The third-order valence-electron chi connectivity index (χ3n) is 4.24. The standard InChI is InChI=1S/C16H27N3O2/c1-16(2,3)19-10-13(9-17-19)15(21)18-14-8-6-4-5-7-12(14)11-20/h9-10,12,14,20H,4-8,11H2,1-3H3,(H,18,21). The molecule has 1 saturated carbocycles. The molecule has 5 heteroatoms. The molecule has 1 aliphatic carbocycles. The number of rotatable bonds is 3. The van der Waals surface area contributed by atoms with Crippen LogP contribution >= 0.6 is 0 Å². The van der Waals surface area contributed by atoms with Gasteiger partial charge in [-0.25, -0.2) is 0 Å². The van der Waals surface area contributed by atoms with Crippen LogP contribution < -0.4 is 5.32 Å². The van der Waals surface area contributed by atoms with Gasteiger partial charge in [0.25, 0.3) is 5.91 Å². The van der Waals surface area contributed by atoms with Crippen LogP contribution in [0.15, 0.2) is 12.4 Å². The van der Waals surface area contributed by atoms with Crippen LogP contribution in [0.3, 0.4) is 0 Å². The normalized spacial score (nSPS) is 23.6. The van der Waals surface area contributed by atoms with Crippen molar-refractivity contribution < 1.29 is 9.90 Å². The molecule has 21 heavy (non-hydrogen) atoms. The Morgan fingerprint density at radius 3 is 2.71 bits per heavy atom. The maximum Gasteiger partial charge on any atom is 0.254 e. The first kappa shape index (κ1) is 16.0. The highest BCUT2D eigenvalue weighted by Gasteiger charge is 2.25. The number of hydrogen-bond donors (Lipinski definition) is 2. The second-order valence-corrected chi connectivity index (χ2v) is 7.01. The van der Waals surface area contributed by atoms with E-state index in [0.29, 0.717) is 5.56 Å². The molecule has 0 aromatic carbocycles. The second-order valence-electron chi connectivity index (χ2n) is 7.01. The van der Waals surface area contributed by atoms with Crippen molar-refractivity contribution in [3.05, 3.63) is 18.0 Å². The number of amides is 1. The number of nitrogens with zero attached hydrogens (tertiary/aromatic N) is 2. The summed E-state index contributed by atoms with van der Waals surface area (Å²) in [4.78, 5) is 12.4. The third-order valence-corrected chi connectivity index (χ3v) is 4.24. The van der Waals surface area contributed by atoms with Crippen LogP contribution in [0.1, 0.15) is 63.2 Å². The maximum absolute atomic E-state index is 12.4. The molecule has 0 aliphatic heterocycles. The van der Waals surface area contributed by atoms with E-state index in [0.717, 1.165) is 25.7 Å². The van der Waals surface area contributed by atoms with Crippen LogP contribution in [0.4, 0.5) is 0 Å². The largest absolute Gasteiger partial charge is 0.396 e. The molecule has 1 aromatic rings. The molecule has 2 unspecified atom stereocenters. The van der Waals surface area contributed by atoms with Crippen LogP contribution in [0.25, 0.3) is 0 Å². The minimum absolute atomic E-state index is 0.0722. The average Bonchev–Trinajstić information content (AvgIpc) is 2.82. The van der Waals surface area contributed by atoms with E-state index in [1.165, 1.54) is 6.42 Å². The lowest BCUT2D eigenvalue weighted by Gasteiger charge is -2.24. The Bertz CT molecular complexity index is 476. The number of carbonyl (C=O) groups is 1. The van der Waals surface area contributed by atoms with Crippen molar-refractivity contribution in [1.82, 2.24) is 15.1 Å². The van der Waals surface area contributed by atoms with Crippen molar-refractivity contribution in [2.24, 2.45) is 5.92 Å². The molecule has 1 aromatic heterocycles. The van der Waals surface area contributed by atoms with E-state index in [-0.39, 0.29) is 30.0 Å². The number of nitrogens with one attached hydrogen (secondary N) is 1. The van der Waals surface area contributed by atoms with Gasteiger partial charge in [-0.05, 0) is 33.6 Å². The van der Waals surface area contributed by atoms with Gasteiger partial charge in [0, 0.05) is 24.8 Å². The first-order valence-corrected chi connectivity index (χ1v) is 7.88. The van der Waals surface area contributed by atoms with Gasteiger partial charge >= 0.3 is 0 Å². The quantitative estimate of drug-likeness (QED) is 0.840. The lowest BCUT2D eigenvalue weighted by molar-refractivity contribution is 0.0899. The number of hydrogen-bond acceptors (Lipinski definition) is 3. The highest BCUT2D eigenvalue weighted by molar-refractivity contribution is 5.93. The van der Waals surface area contributed by atoms with E-state index in [9.17, 15) is 9.90 Å². The van der Waals surface area contributed by atoms with Gasteiger partial charge in [-0.15, -0.1) is 0 Å². The fourth-order valence-corrected chi connectivity index (χ4v) is 2.85. The molecule has 1 fully saturated rings. The van der Waals surface area contributed by atoms with E-state index in [1.54, 1.807) is 17.1 Å². The summed E-state index contributed by atoms with van der Waals surface area (Å²) >= 11 is 0. The van der Waals surface area contributed by atoms with E-state index in [1.807, 2.05) is 0 Å².